The highest BCUT2D eigenvalue weighted by Crippen LogP contribution is 2.27. The van der Waals surface area contributed by atoms with E-state index in [1.165, 1.54) is 12.1 Å². The number of carboxylic acid groups (broad SMARTS) is 2. The van der Waals surface area contributed by atoms with Gasteiger partial charge in [-0.25, -0.2) is 4.79 Å². The lowest BCUT2D eigenvalue weighted by Crippen LogP contribution is -2.00. The molecule has 0 aliphatic rings. The standard InChI is InChI=1S/C20H14O5/c1-12-5-7-17-15(9-12)16(11-19(21)22)18(25-17)8-6-13-3-2-4-14(10-13)20(23)24/h2-5,7,9-10H,11H2,1H3,(H,21,22)(H,23,24). The van der Waals surface area contributed by atoms with Crippen molar-refractivity contribution in [2.45, 2.75) is 13.3 Å². The van der Waals surface area contributed by atoms with Gasteiger partial charge in [-0.15, -0.1) is 0 Å². The summed E-state index contributed by atoms with van der Waals surface area (Å²) in [4.78, 5) is 22.2. The Kier molecular flexibility index (Phi) is 4.27. The summed E-state index contributed by atoms with van der Waals surface area (Å²) in [5.41, 5.74) is 2.74. The molecule has 0 aliphatic heterocycles. The van der Waals surface area contributed by atoms with Gasteiger partial charge in [0.2, 0.25) is 0 Å². The first-order chi connectivity index (χ1) is 11.9. The van der Waals surface area contributed by atoms with Crippen molar-refractivity contribution >= 4 is 22.9 Å². The molecule has 5 heteroatoms. The highest BCUT2D eigenvalue weighted by atomic mass is 16.4. The third kappa shape index (κ3) is 3.54. The average Bonchev–Trinajstić information content (AvgIpc) is 2.90. The normalized spacial score (nSPS) is 10.3. The van der Waals surface area contributed by atoms with Crippen molar-refractivity contribution in [3.05, 3.63) is 70.5 Å². The van der Waals surface area contributed by atoms with E-state index in [2.05, 4.69) is 11.8 Å². The average molecular weight is 334 g/mol. The maximum atomic E-state index is 11.2. The molecule has 0 aliphatic carbocycles. The number of furan rings is 1. The Hall–Kier alpha value is -3.52. The molecule has 0 radical (unpaired) electrons. The monoisotopic (exact) mass is 334 g/mol. The molecular weight excluding hydrogens is 320 g/mol. The van der Waals surface area contributed by atoms with Crippen LogP contribution in [0, 0.1) is 18.8 Å². The molecule has 25 heavy (non-hydrogen) atoms. The van der Waals surface area contributed by atoms with Crippen molar-refractivity contribution in [2.24, 2.45) is 0 Å². The van der Waals surface area contributed by atoms with E-state index in [0.717, 1.165) is 10.9 Å². The van der Waals surface area contributed by atoms with Gasteiger partial charge < -0.3 is 14.6 Å². The molecule has 0 saturated heterocycles. The predicted molar refractivity (Wildman–Crippen MR) is 91.7 cm³/mol. The van der Waals surface area contributed by atoms with E-state index in [4.69, 9.17) is 14.6 Å². The molecule has 0 unspecified atom stereocenters. The van der Waals surface area contributed by atoms with Crippen LogP contribution in [0.15, 0.2) is 46.9 Å². The SMILES string of the molecule is Cc1ccc2oc(C#Cc3cccc(C(=O)O)c3)c(CC(=O)O)c2c1. The van der Waals surface area contributed by atoms with E-state index < -0.39 is 11.9 Å². The Bertz CT molecular complexity index is 1050. The Balaban J connectivity index is 2.09. The number of fused-ring (bicyclic) bond motifs is 1. The highest BCUT2D eigenvalue weighted by Gasteiger charge is 2.15. The van der Waals surface area contributed by atoms with Gasteiger partial charge in [0.05, 0.1) is 12.0 Å². The Morgan fingerprint density at radius 3 is 2.60 bits per heavy atom. The van der Waals surface area contributed by atoms with E-state index in [0.29, 0.717) is 16.7 Å². The van der Waals surface area contributed by atoms with Gasteiger partial charge in [0.1, 0.15) is 5.58 Å². The summed E-state index contributed by atoms with van der Waals surface area (Å²) >= 11 is 0. The minimum absolute atomic E-state index is 0.137. The minimum atomic E-state index is -1.03. The largest absolute Gasteiger partial charge is 0.481 e. The topological polar surface area (TPSA) is 87.7 Å². The smallest absolute Gasteiger partial charge is 0.335 e. The van der Waals surface area contributed by atoms with E-state index >= 15 is 0 Å². The second-order valence-corrected chi connectivity index (χ2v) is 5.62. The molecular formula is C20H14O5. The van der Waals surface area contributed by atoms with Gasteiger partial charge >= 0.3 is 11.9 Å². The zero-order valence-corrected chi connectivity index (χ0v) is 13.4. The Labute approximate surface area is 143 Å². The number of hydrogen-bond donors (Lipinski definition) is 2. The first kappa shape index (κ1) is 16.3. The third-order valence-electron chi connectivity index (χ3n) is 3.70. The van der Waals surface area contributed by atoms with Crippen LogP contribution in [-0.2, 0) is 11.2 Å². The lowest BCUT2D eigenvalue weighted by Gasteiger charge is -1.96. The molecule has 2 N–H and O–H groups in total. The fourth-order valence-corrected chi connectivity index (χ4v) is 2.55. The lowest BCUT2D eigenvalue weighted by molar-refractivity contribution is -0.136. The number of carbonyl (C=O) groups is 2. The number of carboxylic acids is 2. The Morgan fingerprint density at radius 2 is 1.88 bits per heavy atom. The van der Waals surface area contributed by atoms with Crippen LogP contribution >= 0.6 is 0 Å². The van der Waals surface area contributed by atoms with Crippen molar-refractivity contribution in [1.29, 1.82) is 0 Å². The van der Waals surface area contributed by atoms with Crippen LogP contribution in [0.1, 0.15) is 32.8 Å². The number of rotatable bonds is 3. The van der Waals surface area contributed by atoms with Gasteiger partial charge in [-0.05, 0) is 43.2 Å². The second kappa shape index (κ2) is 6.54. The fraction of sp³-hybridized carbons (Fsp3) is 0.100. The number of aliphatic carboxylic acids is 1. The molecule has 1 heterocycles. The van der Waals surface area contributed by atoms with Crippen LogP contribution in [0.25, 0.3) is 11.0 Å². The molecule has 1 aromatic heterocycles. The second-order valence-electron chi connectivity index (χ2n) is 5.62. The zero-order valence-electron chi connectivity index (χ0n) is 13.4. The number of benzene rings is 2. The summed E-state index contributed by atoms with van der Waals surface area (Å²) in [6.07, 6.45) is -0.199. The molecule has 0 amide bonds. The molecule has 0 spiro atoms. The molecule has 0 saturated carbocycles. The van der Waals surface area contributed by atoms with Gasteiger partial charge in [-0.2, -0.15) is 0 Å². The Morgan fingerprint density at radius 1 is 1.08 bits per heavy atom. The number of aromatic carboxylic acids is 1. The number of hydrogen-bond acceptors (Lipinski definition) is 3. The molecule has 124 valence electrons. The molecule has 3 aromatic rings. The van der Waals surface area contributed by atoms with Gasteiger partial charge in [0, 0.05) is 16.5 Å². The maximum absolute atomic E-state index is 11.2. The number of aryl methyl sites for hydroxylation is 1. The molecule has 3 rings (SSSR count). The van der Waals surface area contributed by atoms with Crippen LogP contribution in [0.5, 0.6) is 0 Å². The predicted octanol–water partition coefficient (Wildman–Crippen LogP) is 3.47. The summed E-state index contributed by atoms with van der Waals surface area (Å²) in [7, 11) is 0. The zero-order chi connectivity index (χ0) is 18.0. The van der Waals surface area contributed by atoms with E-state index in [-0.39, 0.29) is 17.7 Å². The van der Waals surface area contributed by atoms with Crippen LogP contribution in [-0.4, -0.2) is 22.2 Å². The van der Waals surface area contributed by atoms with Crippen molar-refractivity contribution < 1.29 is 24.2 Å². The first-order valence-corrected chi connectivity index (χ1v) is 7.53. The van der Waals surface area contributed by atoms with Crippen LogP contribution in [0.3, 0.4) is 0 Å². The van der Waals surface area contributed by atoms with Crippen LogP contribution in [0.4, 0.5) is 0 Å². The summed E-state index contributed by atoms with van der Waals surface area (Å²) in [5.74, 6) is 3.96. The van der Waals surface area contributed by atoms with Gasteiger partial charge in [-0.3, -0.25) is 4.79 Å². The lowest BCUT2D eigenvalue weighted by atomic mass is 10.1. The van der Waals surface area contributed by atoms with Crippen LogP contribution < -0.4 is 0 Å². The minimum Gasteiger partial charge on any atom is -0.481 e. The van der Waals surface area contributed by atoms with Gasteiger partial charge in [0.25, 0.3) is 0 Å². The van der Waals surface area contributed by atoms with Gasteiger partial charge in [-0.1, -0.05) is 23.6 Å². The highest BCUT2D eigenvalue weighted by molar-refractivity contribution is 5.89. The van der Waals surface area contributed by atoms with Crippen molar-refractivity contribution in [3.63, 3.8) is 0 Å². The van der Waals surface area contributed by atoms with Crippen molar-refractivity contribution in [3.8, 4) is 11.8 Å². The summed E-state index contributed by atoms with van der Waals surface area (Å²) < 4.78 is 5.70. The molecule has 0 atom stereocenters. The molecule has 2 aromatic carbocycles. The van der Waals surface area contributed by atoms with E-state index in [1.54, 1.807) is 18.2 Å². The fourth-order valence-electron chi connectivity index (χ4n) is 2.55. The summed E-state index contributed by atoms with van der Waals surface area (Å²) in [6, 6.07) is 11.8. The molecule has 0 bridgehead atoms. The molecule has 5 nitrogen and oxygen atoms in total. The van der Waals surface area contributed by atoms with Crippen molar-refractivity contribution in [1.82, 2.24) is 0 Å². The van der Waals surface area contributed by atoms with Crippen molar-refractivity contribution in [2.75, 3.05) is 0 Å². The molecule has 0 fully saturated rings. The summed E-state index contributed by atoms with van der Waals surface area (Å²) in [6.45, 7) is 1.92. The third-order valence-corrected chi connectivity index (χ3v) is 3.70. The first-order valence-electron chi connectivity index (χ1n) is 7.53. The maximum Gasteiger partial charge on any atom is 0.335 e. The van der Waals surface area contributed by atoms with Gasteiger partial charge in [0.15, 0.2) is 5.76 Å². The van der Waals surface area contributed by atoms with Crippen LogP contribution in [0.2, 0.25) is 0 Å². The quantitative estimate of drug-likeness (QED) is 0.716. The summed E-state index contributed by atoms with van der Waals surface area (Å²) in [5, 5.41) is 18.9. The van der Waals surface area contributed by atoms with E-state index in [1.807, 2.05) is 19.1 Å². The van der Waals surface area contributed by atoms with E-state index in [9.17, 15) is 9.59 Å².